The molecule has 0 saturated carbocycles. The highest BCUT2D eigenvalue weighted by molar-refractivity contribution is 7.92. The number of hydrogen-bond donors (Lipinski definition) is 3. The van der Waals surface area contributed by atoms with Crippen molar-refractivity contribution < 1.29 is 32.6 Å². The molecule has 0 aliphatic carbocycles. The molecule has 2 amide bonds. The van der Waals surface area contributed by atoms with Crippen molar-refractivity contribution in [1.29, 1.82) is 0 Å². The van der Waals surface area contributed by atoms with E-state index in [0.717, 1.165) is 27.3 Å². The van der Waals surface area contributed by atoms with Crippen LogP contribution in [0, 0.1) is 0 Å². The fraction of sp³-hybridized carbons (Fsp3) is 0.278. The molecule has 0 radical (unpaired) electrons. The zero-order valence-corrected chi connectivity index (χ0v) is 27.6. The number of anilines is 2. The fourth-order valence-electron chi connectivity index (χ4n) is 4.81. The summed E-state index contributed by atoms with van der Waals surface area (Å²) in [7, 11) is -2.33. The Bertz CT molecular complexity index is 1670. The third kappa shape index (κ3) is 11.0. The van der Waals surface area contributed by atoms with E-state index in [1.807, 2.05) is 97.9 Å². The molecule has 0 aliphatic rings. The first-order valence-corrected chi connectivity index (χ1v) is 17.0. The van der Waals surface area contributed by atoms with Crippen molar-refractivity contribution in [2.75, 3.05) is 36.1 Å². The lowest BCUT2D eigenvalue weighted by molar-refractivity contribution is -0.134. The minimum absolute atomic E-state index is 0.142. The van der Waals surface area contributed by atoms with Gasteiger partial charge in [-0.2, -0.15) is 0 Å². The summed E-state index contributed by atoms with van der Waals surface area (Å²) in [5.74, 6) is -1.04. The number of ether oxygens (including phenoxy) is 2. The third-order valence-electron chi connectivity index (χ3n) is 7.43. The van der Waals surface area contributed by atoms with Gasteiger partial charge in [0.2, 0.25) is 15.9 Å². The molecule has 4 aromatic rings. The summed E-state index contributed by atoms with van der Waals surface area (Å²) in [6, 6.07) is 32.3. The van der Waals surface area contributed by atoms with Gasteiger partial charge in [-0.25, -0.2) is 8.42 Å². The highest BCUT2D eigenvalue weighted by Gasteiger charge is 2.32. The molecule has 4 rings (SSSR count). The Morgan fingerprint density at radius 1 is 0.830 bits per heavy atom. The van der Waals surface area contributed by atoms with Crippen molar-refractivity contribution in [1.82, 2.24) is 5.32 Å². The van der Waals surface area contributed by atoms with Gasteiger partial charge in [0.25, 0.3) is 5.91 Å². The lowest BCUT2D eigenvalue weighted by atomic mass is 10.0. The Morgan fingerprint density at radius 2 is 1.34 bits per heavy atom. The maximum absolute atomic E-state index is 13.4. The molecular formula is C36H41N3O7S. The summed E-state index contributed by atoms with van der Waals surface area (Å²) in [4.78, 5) is 26.7. The predicted molar refractivity (Wildman–Crippen MR) is 182 cm³/mol. The van der Waals surface area contributed by atoms with Crippen LogP contribution in [-0.2, 0) is 37.5 Å². The molecule has 4 aromatic carbocycles. The number of benzene rings is 4. The first kappa shape index (κ1) is 35.3. The van der Waals surface area contributed by atoms with Gasteiger partial charge in [0.15, 0.2) is 0 Å². The van der Waals surface area contributed by atoms with Gasteiger partial charge in [-0.05, 0) is 41.8 Å². The van der Waals surface area contributed by atoms with Crippen LogP contribution < -0.4 is 14.9 Å². The third-order valence-corrected chi connectivity index (χ3v) is 8.63. The Morgan fingerprint density at radius 3 is 1.85 bits per heavy atom. The van der Waals surface area contributed by atoms with Gasteiger partial charge < -0.3 is 25.2 Å². The van der Waals surface area contributed by atoms with Crippen LogP contribution in [0.4, 0.5) is 11.4 Å². The Balaban J connectivity index is 1.51. The molecule has 10 nitrogen and oxygen atoms in total. The molecule has 0 fully saturated rings. The number of amides is 2. The van der Waals surface area contributed by atoms with Gasteiger partial charge in [0, 0.05) is 18.3 Å². The summed E-state index contributed by atoms with van der Waals surface area (Å²) >= 11 is 0. The van der Waals surface area contributed by atoms with E-state index in [2.05, 4.69) is 10.6 Å². The minimum Gasteiger partial charge on any atom is -0.385 e. The van der Waals surface area contributed by atoms with E-state index >= 15 is 0 Å². The van der Waals surface area contributed by atoms with Crippen LogP contribution in [0.25, 0.3) is 0 Å². The van der Waals surface area contributed by atoms with E-state index in [0.29, 0.717) is 0 Å². The van der Waals surface area contributed by atoms with Gasteiger partial charge in [-0.15, -0.1) is 0 Å². The second-order valence-corrected chi connectivity index (χ2v) is 13.5. The average Bonchev–Trinajstić information content (AvgIpc) is 3.05. The summed E-state index contributed by atoms with van der Waals surface area (Å²) in [6.45, 7) is 1.91. The molecular weight excluding hydrogens is 618 g/mol. The lowest BCUT2D eigenvalue weighted by Crippen LogP contribution is -2.43. The Hall–Kier alpha value is -4.55. The Labute approximate surface area is 276 Å². The van der Waals surface area contributed by atoms with Gasteiger partial charge in [0.05, 0.1) is 50.8 Å². The quantitative estimate of drug-likeness (QED) is 0.153. The van der Waals surface area contributed by atoms with E-state index in [1.54, 1.807) is 0 Å². The molecule has 11 heteroatoms. The first-order valence-electron chi connectivity index (χ1n) is 15.1. The minimum atomic E-state index is -3.69. The van der Waals surface area contributed by atoms with Crippen LogP contribution in [0.15, 0.2) is 109 Å². The standard InChI is InChI=1S/C36H41N3O7S/c1-27(30-17-11-6-12-18-30)37-35(41)31-19-32(21-33(20-31)39(2)47(3,43)44)38-34(40)22-36(42,25-45-23-28-13-7-4-8-14-28)26-46-24-29-15-9-5-10-16-29/h4-21,27,42H,22-26H2,1-3H3,(H,37,41)(H,38,40)/t27-/m1/s1. The fourth-order valence-corrected chi connectivity index (χ4v) is 5.30. The van der Waals surface area contributed by atoms with Crippen molar-refractivity contribution in [3.8, 4) is 0 Å². The first-order chi connectivity index (χ1) is 22.4. The molecule has 0 saturated heterocycles. The van der Waals surface area contributed by atoms with Crippen molar-refractivity contribution in [3.05, 3.63) is 131 Å². The molecule has 0 aromatic heterocycles. The molecule has 0 unspecified atom stereocenters. The summed E-state index contributed by atoms with van der Waals surface area (Å²) < 4.78 is 37.4. The van der Waals surface area contributed by atoms with Gasteiger partial charge in [-0.1, -0.05) is 91.0 Å². The zero-order chi connectivity index (χ0) is 33.9. The molecule has 3 N–H and O–H groups in total. The number of carbonyl (C=O) groups excluding carboxylic acids is 2. The highest BCUT2D eigenvalue weighted by atomic mass is 32.2. The van der Waals surface area contributed by atoms with Crippen molar-refractivity contribution in [2.45, 2.75) is 38.2 Å². The number of carbonyl (C=O) groups is 2. The van der Waals surface area contributed by atoms with Gasteiger partial charge in [-0.3, -0.25) is 13.9 Å². The number of sulfonamides is 1. The van der Waals surface area contributed by atoms with Crippen LogP contribution in [-0.4, -0.2) is 57.5 Å². The average molecular weight is 660 g/mol. The number of nitrogens with zero attached hydrogens (tertiary/aromatic N) is 1. The maximum atomic E-state index is 13.4. The van der Waals surface area contributed by atoms with Crippen molar-refractivity contribution in [3.63, 3.8) is 0 Å². The van der Waals surface area contributed by atoms with E-state index in [-0.39, 0.29) is 49.4 Å². The highest BCUT2D eigenvalue weighted by Crippen LogP contribution is 2.26. The maximum Gasteiger partial charge on any atom is 0.251 e. The normalized spacial score (nSPS) is 12.3. The SMILES string of the molecule is C[C@@H](NC(=O)c1cc(NC(=O)CC(O)(COCc2ccccc2)COCc2ccccc2)cc(N(C)S(C)(=O)=O)c1)c1ccccc1. The topological polar surface area (TPSA) is 134 Å². The van der Waals surface area contributed by atoms with E-state index < -0.39 is 33.9 Å². The summed E-state index contributed by atoms with van der Waals surface area (Å²) in [6.07, 6.45) is 0.649. The molecule has 0 bridgehead atoms. The van der Waals surface area contributed by atoms with E-state index in [1.165, 1.54) is 25.2 Å². The van der Waals surface area contributed by atoms with Crippen LogP contribution in [0.1, 0.15) is 46.4 Å². The second kappa shape index (κ2) is 16.3. The van der Waals surface area contributed by atoms with Crippen LogP contribution in [0.3, 0.4) is 0 Å². The lowest BCUT2D eigenvalue weighted by Gasteiger charge is -2.27. The molecule has 0 aliphatic heterocycles. The summed E-state index contributed by atoms with van der Waals surface area (Å²) in [5, 5.41) is 17.2. The zero-order valence-electron chi connectivity index (χ0n) is 26.8. The second-order valence-electron chi connectivity index (χ2n) is 11.5. The number of hydrogen-bond acceptors (Lipinski definition) is 7. The smallest absolute Gasteiger partial charge is 0.251 e. The monoisotopic (exact) mass is 659 g/mol. The van der Waals surface area contributed by atoms with Crippen molar-refractivity contribution >= 4 is 33.2 Å². The van der Waals surface area contributed by atoms with Crippen LogP contribution >= 0.6 is 0 Å². The largest absolute Gasteiger partial charge is 0.385 e. The number of rotatable bonds is 16. The van der Waals surface area contributed by atoms with E-state index in [9.17, 15) is 23.1 Å². The molecule has 0 heterocycles. The van der Waals surface area contributed by atoms with Gasteiger partial charge >= 0.3 is 0 Å². The predicted octanol–water partition coefficient (Wildman–Crippen LogP) is 5.07. The van der Waals surface area contributed by atoms with Crippen molar-refractivity contribution in [2.24, 2.45) is 0 Å². The number of nitrogens with one attached hydrogen (secondary N) is 2. The van der Waals surface area contributed by atoms with Crippen LogP contribution in [0.2, 0.25) is 0 Å². The Kier molecular flexibility index (Phi) is 12.3. The number of aliphatic hydroxyl groups is 1. The molecule has 1 atom stereocenters. The molecule has 0 spiro atoms. The molecule has 47 heavy (non-hydrogen) atoms. The van der Waals surface area contributed by atoms with E-state index in [4.69, 9.17) is 9.47 Å². The van der Waals surface area contributed by atoms with Crippen LogP contribution in [0.5, 0.6) is 0 Å². The van der Waals surface area contributed by atoms with Gasteiger partial charge in [0.1, 0.15) is 5.60 Å². The molecule has 248 valence electrons. The summed E-state index contributed by atoms with van der Waals surface area (Å²) in [5.41, 5.74) is 1.51.